The number of aromatic nitrogens is 1. The lowest BCUT2D eigenvalue weighted by molar-refractivity contribution is -0.114. The maximum Gasteiger partial charge on any atom is 0.271 e. The van der Waals surface area contributed by atoms with Crippen LogP contribution in [0, 0.1) is 5.82 Å². The van der Waals surface area contributed by atoms with Crippen LogP contribution in [0.15, 0.2) is 63.5 Å². The number of halogens is 1. The Hall–Kier alpha value is -3.52. The zero-order valence-corrected chi connectivity index (χ0v) is 18.8. The lowest BCUT2D eigenvalue weighted by Crippen LogP contribution is -2.39. The SMILES string of the molecule is COc1ccc([C@H]2C(C(C)=O)=C(C)N=c3s/c(=C\c4ccc(F)cc4)c(=O)n32)c(OC)c1. The first-order valence-corrected chi connectivity index (χ1v) is 10.7. The summed E-state index contributed by atoms with van der Waals surface area (Å²) in [4.78, 5) is 31.1. The Balaban J connectivity index is 1.99. The topological polar surface area (TPSA) is 69.9 Å². The molecule has 0 unspecified atom stereocenters. The first-order chi connectivity index (χ1) is 15.3. The number of carbonyl (C=O) groups excluding carboxylic acids is 1. The van der Waals surface area contributed by atoms with Gasteiger partial charge >= 0.3 is 0 Å². The van der Waals surface area contributed by atoms with Crippen LogP contribution in [0.5, 0.6) is 11.5 Å². The second kappa shape index (κ2) is 8.55. The fourth-order valence-electron chi connectivity index (χ4n) is 3.82. The highest BCUT2D eigenvalue weighted by Gasteiger charge is 2.32. The van der Waals surface area contributed by atoms with Crippen LogP contribution in [0.1, 0.15) is 31.0 Å². The normalized spacial score (nSPS) is 15.9. The van der Waals surface area contributed by atoms with Crippen LogP contribution in [0.4, 0.5) is 4.39 Å². The third-order valence-corrected chi connectivity index (χ3v) is 6.29. The number of fused-ring (bicyclic) bond motifs is 1. The molecule has 4 rings (SSSR count). The Labute approximate surface area is 187 Å². The number of hydrogen-bond donors (Lipinski definition) is 0. The highest BCUT2D eigenvalue weighted by Crippen LogP contribution is 2.37. The van der Waals surface area contributed by atoms with E-state index in [1.54, 1.807) is 50.4 Å². The second-order valence-corrected chi connectivity index (χ2v) is 8.31. The van der Waals surface area contributed by atoms with Gasteiger partial charge in [0.15, 0.2) is 10.6 Å². The van der Waals surface area contributed by atoms with E-state index in [4.69, 9.17) is 9.47 Å². The third kappa shape index (κ3) is 3.78. The molecular formula is C24H21FN2O4S. The molecule has 0 spiro atoms. The predicted molar refractivity (Wildman–Crippen MR) is 120 cm³/mol. The molecule has 0 bridgehead atoms. The fourth-order valence-corrected chi connectivity index (χ4v) is 4.87. The van der Waals surface area contributed by atoms with E-state index in [-0.39, 0.29) is 17.2 Å². The Bertz CT molecular complexity index is 1420. The standard InChI is InChI=1S/C24H21FN2O4S/c1-13-21(14(2)28)22(18-10-9-17(30-3)12-19(18)31-4)27-23(29)20(32-24(27)26-13)11-15-5-7-16(25)8-6-15/h5-12,22H,1-4H3/b20-11-/t22-/m0/s1. The first-order valence-electron chi connectivity index (χ1n) is 9.85. The number of rotatable bonds is 5. The molecule has 2 heterocycles. The lowest BCUT2D eigenvalue weighted by atomic mass is 9.92. The molecule has 1 atom stereocenters. The van der Waals surface area contributed by atoms with E-state index in [0.29, 0.717) is 43.2 Å². The van der Waals surface area contributed by atoms with Crippen molar-refractivity contribution in [1.82, 2.24) is 4.57 Å². The summed E-state index contributed by atoms with van der Waals surface area (Å²) < 4.78 is 26.1. The van der Waals surface area contributed by atoms with Crippen molar-refractivity contribution in [3.05, 3.63) is 90.4 Å². The van der Waals surface area contributed by atoms with Gasteiger partial charge in [-0.3, -0.25) is 14.2 Å². The van der Waals surface area contributed by atoms with Gasteiger partial charge in [-0.25, -0.2) is 9.38 Å². The molecule has 3 aromatic rings. The summed E-state index contributed by atoms with van der Waals surface area (Å²) in [6.07, 6.45) is 1.69. The summed E-state index contributed by atoms with van der Waals surface area (Å²) in [5.74, 6) is 0.564. The number of hydrogen-bond acceptors (Lipinski definition) is 6. The van der Waals surface area contributed by atoms with Gasteiger partial charge in [-0.15, -0.1) is 0 Å². The van der Waals surface area contributed by atoms with Crippen molar-refractivity contribution in [3.8, 4) is 11.5 Å². The summed E-state index contributed by atoms with van der Waals surface area (Å²) in [5.41, 5.74) is 2.04. The smallest absolute Gasteiger partial charge is 0.271 e. The Morgan fingerprint density at radius 3 is 2.50 bits per heavy atom. The summed E-state index contributed by atoms with van der Waals surface area (Å²) in [7, 11) is 3.08. The van der Waals surface area contributed by atoms with Crippen LogP contribution in [-0.2, 0) is 4.79 Å². The van der Waals surface area contributed by atoms with E-state index in [9.17, 15) is 14.0 Å². The minimum atomic E-state index is -0.694. The maximum absolute atomic E-state index is 13.5. The van der Waals surface area contributed by atoms with Crippen molar-refractivity contribution >= 4 is 23.2 Å². The van der Waals surface area contributed by atoms with E-state index in [2.05, 4.69) is 4.99 Å². The quantitative estimate of drug-likeness (QED) is 0.597. The number of benzene rings is 2. The van der Waals surface area contributed by atoms with Crippen LogP contribution < -0.4 is 24.4 Å². The fraction of sp³-hybridized carbons (Fsp3) is 0.208. The molecular weight excluding hydrogens is 431 g/mol. The van der Waals surface area contributed by atoms with Gasteiger partial charge < -0.3 is 9.47 Å². The van der Waals surface area contributed by atoms with Gasteiger partial charge in [0.1, 0.15) is 17.3 Å². The molecule has 0 radical (unpaired) electrons. The highest BCUT2D eigenvalue weighted by molar-refractivity contribution is 7.07. The van der Waals surface area contributed by atoms with E-state index >= 15 is 0 Å². The molecule has 32 heavy (non-hydrogen) atoms. The van der Waals surface area contributed by atoms with Crippen LogP contribution in [-0.4, -0.2) is 24.6 Å². The summed E-state index contributed by atoms with van der Waals surface area (Å²) in [6.45, 7) is 3.22. The molecule has 8 heteroatoms. The van der Waals surface area contributed by atoms with E-state index in [1.165, 1.54) is 42.1 Å². The Morgan fingerprint density at radius 1 is 1.16 bits per heavy atom. The predicted octanol–water partition coefficient (Wildman–Crippen LogP) is 2.98. The molecule has 6 nitrogen and oxygen atoms in total. The first kappa shape index (κ1) is 21.7. The molecule has 0 saturated heterocycles. The van der Waals surface area contributed by atoms with Gasteiger partial charge in [0.25, 0.3) is 5.56 Å². The van der Waals surface area contributed by atoms with Crippen LogP contribution >= 0.6 is 11.3 Å². The number of ketones is 1. The zero-order chi connectivity index (χ0) is 23.0. The van der Waals surface area contributed by atoms with Gasteiger partial charge in [0.05, 0.1) is 24.8 Å². The van der Waals surface area contributed by atoms with E-state index in [0.717, 1.165) is 0 Å². The maximum atomic E-state index is 13.5. The van der Waals surface area contributed by atoms with Gasteiger partial charge in [-0.05, 0) is 49.8 Å². The highest BCUT2D eigenvalue weighted by atomic mass is 32.1. The van der Waals surface area contributed by atoms with Crippen molar-refractivity contribution in [2.24, 2.45) is 4.99 Å². The molecule has 0 saturated carbocycles. The second-order valence-electron chi connectivity index (χ2n) is 7.30. The minimum Gasteiger partial charge on any atom is -0.497 e. The van der Waals surface area contributed by atoms with Gasteiger partial charge in [-0.1, -0.05) is 23.5 Å². The molecule has 2 aromatic carbocycles. The molecule has 0 amide bonds. The van der Waals surface area contributed by atoms with Crippen molar-refractivity contribution in [3.63, 3.8) is 0 Å². The van der Waals surface area contributed by atoms with Gasteiger partial charge in [-0.2, -0.15) is 0 Å². The van der Waals surface area contributed by atoms with Gasteiger partial charge in [0, 0.05) is 22.9 Å². The number of nitrogens with zero attached hydrogens (tertiary/aromatic N) is 2. The number of allylic oxidation sites excluding steroid dienone is 2. The summed E-state index contributed by atoms with van der Waals surface area (Å²) >= 11 is 1.22. The molecule has 1 aliphatic heterocycles. The number of methoxy groups -OCH3 is 2. The average Bonchev–Trinajstić information content (AvgIpc) is 3.08. The lowest BCUT2D eigenvalue weighted by Gasteiger charge is -2.26. The number of carbonyl (C=O) groups is 1. The molecule has 164 valence electrons. The molecule has 0 N–H and O–H groups in total. The van der Waals surface area contributed by atoms with Crippen LogP contribution in [0.3, 0.4) is 0 Å². The monoisotopic (exact) mass is 452 g/mol. The Kier molecular flexibility index (Phi) is 5.80. The largest absolute Gasteiger partial charge is 0.497 e. The van der Waals surface area contributed by atoms with Crippen molar-refractivity contribution in [2.45, 2.75) is 19.9 Å². The summed E-state index contributed by atoms with van der Waals surface area (Å²) in [6, 6.07) is 10.5. The summed E-state index contributed by atoms with van der Waals surface area (Å²) in [5, 5.41) is 0. The van der Waals surface area contributed by atoms with Gasteiger partial charge in [0.2, 0.25) is 0 Å². The molecule has 1 aliphatic rings. The zero-order valence-electron chi connectivity index (χ0n) is 18.0. The molecule has 0 aliphatic carbocycles. The van der Waals surface area contributed by atoms with E-state index < -0.39 is 6.04 Å². The van der Waals surface area contributed by atoms with Crippen LogP contribution in [0.25, 0.3) is 6.08 Å². The average molecular weight is 453 g/mol. The third-order valence-electron chi connectivity index (χ3n) is 5.30. The molecule has 0 fully saturated rings. The minimum absolute atomic E-state index is 0.179. The molecule has 1 aromatic heterocycles. The Morgan fingerprint density at radius 2 is 1.88 bits per heavy atom. The number of Topliss-reactive ketones (excluding diaryl/α,β-unsaturated/α-hetero) is 1. The van der Waals surface area contributed by atoms with Crippen molar-refractivity contribution in [1.29, 1.82) is 0 Å². The number of ether oxygens (including phenoxy) is 2. The number of thiazole rings is 1. The van der Waals surface area contributed by atoms with Crippen LogP contribution in [0.2, 0.25) is 0 Å². The van der Waals surface area contributed by atoms with Crippen molar-refractivity contribution < 1.29 is 18.7 Å². The van der Waals surface area contributed by atoms with E-state index in [1.807, 2.05) is 0 Å². The van der Waals surface area contributed by atoms with Crippen molar-refractivity contribution in [2.75, 3.05) is 14.2 Å².